The van der Waals surface area contributed by atoms with Gasteiger partial charge in [-0.1, -0.05) is 19.1 Å². The minimum Gasteiger partial charge on any atom is -0.357 e. The molecule has 0 saturated carbocycles. The van der Waals surface area contributed by atoms with Crippen LogP contribution in [0.3, 0.4) is 0 Å². The van der Waals surface area contributed by atoms with E-state index in [1.807, 2.05) is 23.6 Å². The van der Waals surface area contributed by atoms with Gasteiger partial charge >= 0.3 is 0 Å². The normalized spacial score (nSPS) is 16.9. The van der Waals surface area contributed by atoms with Crippen molar-refractivity contribution in [2.45, 2.75) is 46.2 Å². The van der Waals surface area contributed by atoms with E-state index in [4.69, 9.17) is 4.99 Å². The van der Waals surface area contributed by atoms with Crippen molar-refractivity contribution in [2.24, 2.45) is 10.9 Å². The molecule has 3 rings (SSSR count). The molecule has 0 bridgehead atoms. The monoisotopic (exact) mass is 527 g/mol. The Kier molecular flexibility index (Phi) is 10.4. The number of aryl methyl sites for hydroxylation is 1. The summed E-state index contributed by atoms with van der Waals surface area (Å²) < 4.78 is 0. The quantitative estimate of drug-likeness (QED) is 0.314. The molecule has 0 spiro atoms. The number of guanidine groups is 1. The van der Waals surface area contributed by atoms with Gasteiger partial charge in [0.25, 0.3) is 0 Å². The van der Waals surface area contributed by atoms with Gasteiger partial charge in [0.05, 0.1) is 18.3 Å². The topological polar surface area (TPSA) is 52.6 Å². The van der Waals surface area contributed by atoms with E-state index in [1.54, 1.807) is 0 Å². The van der Waals surface area contributed by atoms with E-state index in [-0.39, 0.29) is 24.0 Å². The molecule has 1 aliphatic heterocycles. The molecular weight excluding hydrogens is 493 g/mol. The summed E-state index contributed by atoms with van der Waals surface area (Å²) in [7, 11) is 0. The molecule has 160 valence electrons. The van der Waals surface area contributed by atoms with Gasteiger partial charge in [-0.25, -0.2) is 4.99 Å². The number of halogens is 1. The van der Waals surface area contributed by atoms with Crippen LogP contribution in [-0.2, 0) is 6.54 Å². The van der Waals surface area contributed by atoms with E-state index < -0.39 is 0 Å². The molecule has 0 aromatic carbocycles. The Bertz CT molecular complexity index is 741. The highest BCUT2D eigenvalue weighted by Gasteiger charge is 2.25. The number of hydrogen-bond donors (Lipinski definition) is 2. The van der Waals surface area contributed by atoms with Crippen molar-refractivity contribution in [2.75, 3.05) is 26.2 Å². The zero-order valence-corrected chi connectivity index (χ0v) is 20.9. The van der Waals surface area contributed by atoms with Crippen LogP contribution >= 0.6 is 35.3 Å². The molecule has 2 aromatic heterocycles. The first-order chi connectivity index (χ1) is 13.7. The van der Waals surface area contributed by atoms with Crippen molar-refractivity contribution in [3.8, 4) is 0 Å². The first-order valence-corrected chi connectivity index (χ1v) is 11.3. The van der Waals surface area contributed by atoms with Gasteiger partial charge in [0.1, 0.15) is 0 Å². The summed E-state index contributed by atoms with van der Waals surface area (Å²) in [5, 5.41) is 9.14. The molecule has 2 N–H and O–H groups in total. The zero-order valence-electron chi connectivity index (χ0n) is 17.7. The van der Waals surface area contributed by atoms with Gasteiger partial charge in [-0.3, -0.25) is 9.88 Å². The van der Waals surface area contributed by atoms with Gasteiger partial charge in [0, 0.05) is 24.2 Å². The van der Waals surface area contributed by atoms with Crippen molar-refractivity contribution in [1.82, 2.24) is 20.5 Å². The molecule has 1 atom stereocenters. The second-order valence-electron chi connectivity index (χ2n) is 7.59. The first-order valence-electron chi connectivity index (χ1n) is 10.4. The fourth-order valence-corrected chi connectivity index (χ4v) is 4.46. The minimum absolute atomic E-state index is 0. The number of hydrogen-bond acceptors (Lipinski definition) is 4. The summed E-state index contributed by atoms with van der Waals surface area (Å²) in [6, 6.07) is 8.87. The van der Waals surface area contributed by atoms with E-state index in [2.05, 4.69) is 64.9 Å². The number of nitrogens with zero attached hydrogens (tertiary/aromatic N) is 3. The van der Waals surface area contributed by atoms with Gasteiger partial charge in [0.15, 0.2) is 5.96 Å². The van der Waals surface area contributed by atoms with Crippen molar-refractivity contribution in [1.29, 1.82) is 0 Å². The SMILES string of the molecule is CCNC(=NCc1ncccc1C)NCC(c1cccs1)N1CCC(C)CC1.I. The fourth-order valence-electron chi connectivity index (χ4n) is 3.60. The lowest BCUT2D eigenvalue weighted by Crippen LogP contribution is -2.45. The maximum absolute atomic E-state index is 4.77. The molecule has 1 fully saturated rings. The summed E-state index contributed by atoms with van der Waals surface area (Å²) in [4.78, 5) is 13.3. The molecule has 29 heavy (non-hydrogen) atoms. The molecule has 0 amide bonds. The number of thiophene rings is 1. The zero-order chi connectivity index (χ0) is 19.8. The average molecular weight is 528 g/mol. The van der Waals surface area contributed by atoms with Crippen molar-refractivity contribution >= 4 is 41.3 Å². The highest BCUT2D eigenvalue weighted by Crippen LogP contribution is 2.29. The highest BCUT2D eigenvalue weighted by atomic mass is 127. The Balaban J connectivity index is 0.00000300. The minimum atomic E-state index is 0. The van der Waals surface area contributed by atoms with Crippen LogP contribution in [0.5, 0.6) is 0 Å². The predicted octanol–water partition coefficient (Wildman–Crippen LogP) is 4.60. The standard InChI is InChI=1S/C22H33N5S.HI/c1-4-23-22(25-15-19-18(3)7-5-11-24-19)26-16-20(21-8-6-14-28-21)27-12-9-17(2)10-13-27;/h5-8,11,14,17,20H,4,9-10,12-13,15-16H2,1-3H3,(H2,23,25,26);1H. The summed E-state index contributed by atoms with van der Waals surface area (Å²) in [6.45, 7) is 11.2. The first kappa shape index (κ1) is 24.1. The Morgan fingerprint density at radius 2 is 2.07 bits per heavy atom. The van der Waals surface area contributed by atoms with E-state index in [1.165, 1.54) is 36.4 Å². The second-order valence-corrected chi connectivity index (χ2v) is 8.57. The van der Waals surface area contributed by atoms with Gasteiger partial charge in [-0.2, -0.15) is 0 Å². The Morgan fingerprint density at radius 3 is 2.72 bits per heavy atom. The molecule has 1 unspecified atom stereocenters. The molecule has 0 radical (unpaired) electrons. The maximum Gasteiger partial charge on any atom is 0.191 e. The molecule has 3 heterocycles. The number of likely N-dealkylation sites (tertiary alicyclic amines) is 1. The molecule has 1 aliphatic rings. The Morgan fingerprint density at radius 1 is 1.28 bits per heavy atom. The van der Waals surface area contributed by atoms with Gasteiger partial charge in [0.2, 0.25) is 0 Å². The molecule has 5 nitrogen and oxygen atoms in total. The van der Waals surface area contributed by atoms with Crippen LogP contribution in [-0.4, -0.2) is 42.0 Å². The highest BCUT2D eigenvalue weighted by molar-refractivity contribution is 14.0. The summed E-state index contributed by atoms with van der Waals surface area (Å²) in [6.07, 6.45) is 4.41. The smallest absolute Gasteiger partial charge is 0.191 e. The van der Waals surface area contributed by atoms with E-state index in [9.17, 15) is 0 Å². The maximum atomic E-state index is 4.77. The Hall–Kier alpha value is -1.19. The molecular formula is C22H34IN5S. The number of piperidine rings is 1. The van der Waals surface area contributed by atoms with Crippen LogP contribution in [0, 0.1) is 12.8 Å². The predicted molar refractivity (Wildman–Crippen MR) is 134 cm³/mol. The van der Waals surface area contributed by atoms with Gasteiger partial charge in [-0.15, -0.1) is 35.3 Å². The number of pyridine rings is 1. The fraction of sp³-hybridized carbons (Fsp3) is 0.545. The van der Waals surface area contributed by atoms with Gasteiger partial charge < -0.3 is 10.6 Å². The number of nitrogens with one attached hydrogen (secondary N) is 2. The van der Waals surface area contributed by atoms with Crippen LogP contribution in [0.15, 0.2) is 40.8 Å². The largest absolute Gasteiger partial charge is 0.357 e. The van der Waals surface area contributed by atoms with Gasteiger partial charge in [-0.05, 0) is 68.8 Å². The molecule has 2 aromatic rings. The number of aromatic nitrogens is 1. The van der Waals surface area contributed by atoms with Crippen LogP contribution in [0.1, 0.15) is 48.9 Å². The van der Waals surface area contributed by atoms with E-state index in [0.29, 0.717) is 12.6 Å². The molecule has 1 saturated heterocycles. The second kappa shape index (κ2) is 12.5. The Labute approximate surface area is 196 Å². The summed E-state index contributed by atoms with van der Waals surface area (Å²) >= 11 is 1.85. The summed E-state index contributed by atoms with van der Waals surface area (Å²) in [5.74, 6) is 1.70. The van der Waals surface area contributed by atoms with Crippen LogP contribution < -0.4 is 10.6 Å². The van der Waals surface area contributed by atoms with Crippen molar-refractivity contribution < 1.29 is 0 Å². The van der Waals surface area contributed by atoms with Crippen LogP contribution in [0.4, 0.5) is 0 Å². The van der Waals surface area contributed by atoms with E-state index in [0.717, 1.165) is 30.7 Å². The third-order valence-electron chi connectivity index (χ3n) is 5.44. The molecule has 0 aliphatic carbocycles. The lowest BCUT2D eigenvalue weighted by molar-refractivity contribution is 0.140. The van der Waals surface area contributed by atoms with Crippen molar-refractivity contribution in [3.63, 3.8) is 0 Å². The third kappa shape index (κ3) is 7.22. The summed E-state index contributed by atoms with van der Waals surface area (Å²) in [5.41, 5.74) is 2.21. The lowest BCUT2D eigenvalue weighted by atomic mass is 9.97. The van der Waals surface area contributed by atoms with Crippen molar-refractivity contribution in [3.05, 3.63) is 52.0 Å². The molecule has 7 heteroatoms. The van der Waals surface area contributed by atoms with E-state index >= 15 is 0 Å². The number of rotatable bonds is 7. The lowest BCUT2D eigenvalue weighted by Gasteiger charge is -2.36. The number of aliphatic imine (C=N–C) groups is 1. The van der Waals surface area contributed by atoms with Crippen LogP contribution in [0.2, 0.25) is 0 Å². The third-order valence-corrected chi connectivity index (χ3v) is 6.42. The van der Waals surface area contributed by atoms with Crippen LogP contribution in [0.25, 0.3) is 0 Å². The average Bonchev–Trinajstić information content (AvgIpc) is 3.23.